The van der Waals surface area contributed by atoms with Crippen LogP contribution in [0.2, 0.25) is 0 Å². The maximum Gasteiger partial charge on any atom is 0.225 e. The SMILES string of the molecule is CC(C)C(=O)N1CCC(C(=O)NCc2cnn(-c3ccccc3)c2)CC1. The lowest BCUT2D eigenvalue weighted by atomic mass is 9.95. The molecule has 2 amide bonds. The molecule has 1 fully saturated rings. The molecule has 1 aromatic heterocycles. The number of carbonyl (C=O) groups is 2. The van der Waals surface area contributed by atoms with Crippen LogP contribution in [0.3, 0.4) is 0 Å². The van der Waals surface area contributed by atoms with Gasteiger partial charge >= 0.3 is 0 Å². The van der Waals surface area contributed by atoms with Gasteiger partial charge in [0.1, 0.15) is 0 Å². The van der Waals surface area contributed by atoms with E-state index in [0.717, 1.165) is 24.1 Å². The lowest BCUT2D eigenvalue weighted by molar-refractivity contribution is -0.138. The third-order valence-corrected chi connectivity index (χ3v) is 4.79. The molecular weight excluding hydrogens is 328 g/mol. The van der Waals surface area contributed by atoms with Gasteiger partial charge in [-0.3, -0.25) is 9.59 Å². The zero-order valence-corrected chi connectivity index (χ0v) is 15.4. The van der Waals surface area contributed by atoms with Gasteiger partial charge in [0.15, 0.2) is 0 Å². The van der Waals surface area contributed by atoms with Crippen LogP contribution in [0.4, 0.5) is 0 Å². The van der Waals surface area contributed by atoms with Crippen LogP contribution in [0.25, 0.3) is 5.69 Å². The van der Waals surface area contributed by atoms with Crippen molar-refractivity contribution in [1.29, 1.82) is 0 Å². The molecule has 6 nitrogen and oxygen atoms in total. The number of rotatable bonds is 5. The van der Waals surface area contributed by atoms with E-state index in [1.165, 1.54) is 0 Å². The van der Waals surface area contributed by atoms with E-state index in [1.807, 2.05) is 55.3 Å². The third kappa shape index (κ3) is 4.31. The molecule has 138 valence electrons. The van der Waals surface area contributed by atoms with Crippen molar-refractivity contribution in [2.45, 2.75) is 33.2 Å². The average Bonchev–Trinajstić information content (AvgIpc) is 3.15. The quantitative estimate of drug-likeness (QED) is 0.896. The summed E-state index contributed by atoms with van der Waals surface area (Å²) in [6.07, 6.45) is 5.16. The van der Waals surface area contributed by atoms with Crippen molar-refractivity contribution in [3.63, 3.8) is 0 Å². The molecule has 0 aliphatic carbocycles. The molecular formula is C20H26N4O2. The maximum absolute atomic E-state index is 12.4. The Kier molecular flexibility index (Phi) is 5.71. The molecule has 6 heteroatoms. The van der Waals surface area contributed by atoms with Crippen LogP contribution in [0.15, 0.2) is 42.7 Å². The van der Waals surface area contributed by atoms with Crippen LogP contribution in [-0.2, 0) is 16.1 Å². The zero-order chi connectivity index (χ0) is 18.5. The number of hydrogen-bond donors (Lipinski definition) is 1. The summed E-state index contributed by atoms with van der Waals surface area (Å²) in [5, 5.41) is 7.35. The molecule has 1 aliphatic heterocycles. The van der Waals surface area contributed by atoms with Gasteiger partial charge in [-0.25, -0.2) is 4.68 Å². The van der Waals surface area contributed by atoms with Gasteiger partial charge in [0.25, 0.3) is 0 Å². The number of amides is 2. The Morgan fingerprint density at radius 2 is 1.88 bits per heavy atom. The second-order valence-corrected chi connectivity index (χ2v) is 7.10. The third-order valence-electron chi connectivity index (χ3n) is 4.79. The highest BCUT2D eigenvalue weighted by atomic mass is 16.2. The fourth-order valence-corrected chi connectivity index (χ4v) is 3.23. The van der Waals surface area contributed by atoms with Crippen molar-refractivity contribution in [2.75, 3.05) is 13.1 Å². The maximum atomic E-state index is 12.4. The molecule has 2 aromatic rings. The van der Waals surface area contributed by atoms with Crippen molar-refractivity contribution in [3.8, 4) is 5.69 Å². The molecule has 1 aliphatic rings. The van der Waals surface area contributed by atoms with E-state index in [2.05, 4.69) is 10.4 Å². The number of carbonyl (C=O) groups excluding carboxylic acids is 2. The molecule has 1 aromatic carbocycles. The zero-order valence-electron chi connectivity index (χ0n) is 15.4. The van der Waals surface area contributed by atoms with Crippen molar-refractivity contribution in [3.05, 3.63) is 48.3 Å². The van der Waals surface area contributed by atoms with E-state index in [9.17, 15) is 9.59 Å². The van der Waals surface area contributed by atoms with E-state index in [0.29, 0.717) is 19.6 Å². The first-order valence-electron chi connectivity index (χ1n) is 9.20. The van der Waals surface area contributed by atoms with Crippen molar-refractivity contribution < 1.29 is 9.59 Å². The Morgan fingerprint density at radius 1 is 1.19 bits per heavy atom. The van der Waals surface area contributed by atoms with E-state index in [1.54, 1.807) is 10.9 Å². The van der Waals surface area contributed by atoms with E-state index < -0.39 is 0 Å². The van der Waals surface area contributed by atoms with E-state index in [-0.39, 0.29) is 23.7 Å². The minimum Gasteiger partial charge on any atom is -0.352 e. The number of aromatic nitrogens is 2. The summed E-state index contributed by atoms with van der Waals surface area (Å²) in [5.41, 5.74) is 1.96. The highest BCUT2D eigenvalue weighted by Gasteiger charge is 2.28. The van der Waals surface area contributed by atoms with Crippen molar-refractivity contribution >= 4 is 11.8 Å². The number of nitrogens with zero attached hydrogens (tertiary/aromatic N) is 3. The van der Waals surface area contributed by atoms with Gasteiger partial charge in [-0.15, -0.1) is 0 Å². The molecule has 26 heavy (non-hydrogen) atoms. The number of nitrogens with one attached hydrogen (secondary N) is 1. The predicted molar refractivity (Wildman–Crippen MR) is 99.6 cm³/mol. The number of para-hydroxylation sites is 1. The summed E-state index contributed by atoms with van der Waals surface area (Å²) in [6, 6.07) is 9.88. The second kappa shape index (κ2) is 8.17. The fourth-order valence-electron chi connectivity index (χ4n) is 3.23. The molecule has 3 rings (SSSR count). The molecule has 0 saturated carbocycles. The fraction of sp³-hybridized carbons (Fsp3) is 0.450. The predicted octanol–water partition coefficient (Wildman–Crippen LogP) is 2.38. The monoisotopic (exact) mass is 354 g/mol. The molecule has 0 spiro atoms. The lowest BCUT2D eigenvalue weighted by Gasteiger charge is -2.32. The summed E-state index contributed by atoms with van der Waals surface area (Å²) < 4.78 is 1.80. The summed E-state index contributed by atoms with van der Waals surface area (Å²) in [6.45, 7) is 5.63. The summed E-state index contributed by atoms with van der Waals surface area (Å²) in [5.74, 6) is 0.239. The summed E-state index contributed by atoms with van der Waals surface area (Å²) in [7, 11) is 0. The number of likely N-dealkylation sites (tertiary alicyclic amines) is 1. The minimum absolute atomic E-state index is 0.0153. The van der Waals surface area contributed by atoms with Gasteiger partial charge in [-0.05, 0) is 25.0 Å². The highest BCUT2D eigenvalue weighted by Crippen LogP contribution is 2.19. The molecule has 1 N–H and O–H groups in total. The largest absolute Gasteiger partial charge is 0.352 e. The standard InChI is InChI=1S/C20H26N4O2/c1-15(2)20(26)23-10-8-17(9-11-23)19(25)21-12-16-13-22-24(14-16)18-6-4-3-5-7-18/h3-7,13-15,17H,8-12H2,1-2H3,(H,21,25). The average molecular weight is 354 g/mol. The smallest absolute Gasteiger partial charge is 0.225 e. The first-order chi connectivity index (χ1) is 12.5. The van der Waals surface area contributed by atoms with Gasteiger partial charge < -0.3 is 10.2 Å². The van der Waals surface area contributed by atoms with Gasteiger partial charge in [-0.1, -0.05) is 32.0 Å². The van der Waals surface area contributed by atoms with Crippen molar-refractivity contribution in [1.82, 2.24) is 20.0 Å². The Morgan fingerprint density at radius 3 is 2.54 bits per heavy atom. The van der Waals surface area contributed by atoms with Crippen molar-refractivity contribution in [2.24, 2.45) is 11.8 Å². The number of benzene rings is 1. The van der Waals surface area contributed by atoms with Crippen LogP contribution in [0.1, 0.15) is 32.3 Å². The van der Waals surface area contributed by atoms with Gasteiger partial charge in [0.2, 0.25) is 11.8 Å². The molecule has 0 unspecified atom stereocenters. The van der Waals surface area contributed by atoms with Crippen LogP contribution in [-0.4, -0.2) is 39.6 Å². The molecule has 0 atom stereocenters. The van der Waals surface area contributed by atoms with E-state index in [4.69, 9.17) is 0 Å². The highest BCUT2D eigenvalue weighted by molar-refractivity contribution is 5.80. The van der Waals surface area contributed by atoms with Crippen LogP contribution >= 0.6 is 0 Å². The Hall–Kier alpha value is -2.63. The van der Waals surface area contributed by atoms with E-state index >= 15 is 0 Å². The molecule has 0 radical (unpaired) electrons. The van der Waals surface area contributed by atoms with Gasteiger partial charge in [-0.2, -0.15) is 5.10 Å². The first kappa shape index (κ1) is 18.2. The van der Waals surface area contributed by atoms with Gasteiger partial charge in [0, 0.05) is 43.2 Å². The Balaban J connectivity index is 1.48. The molecule has 2 heterocycles. The first-order valence-corrected chi connectivity index (χ1v) is 9.20. The van der Waals surface area contributed by atoms with Crippen LogP contribution in [0.5, 0.6) is 0 Å². The number of hydrogen-bond acceptors (Lipinski definition) is 3. The second-order valence-electron chi connectivity index (χ2n) is 7.10. The summed E-state index contributed by atoms with van der Waals surface area (Å²) >= 11 is 0. The van der Waals surface area contributed by atoms with Gasteiger partial charge in [0.05, 0.1) is 11.9 Å². The number of piperidine rings is 1. The molecule has 0 bridgehead atoms. The summed E-state index contributed by atoms with van der Waals surface area (Å²) in [4.78, 5) is 26.3. The lowest BCUT2D eigenvalue weighted by Crippen LogP contribution is -2.44. The van der Waals surface area contributed by atoms with Crippen LogP contribution in [0, 0.1) is 11.8 Å². The Labute approximate surface area is 154 Å². The minimum atomic E-state index is -0.0182. The normalized spacial score (nSPS) is 15.3. The molecule has 1 saturated heterocycles. The topological polar surface area (TPSA) is 67.2 Å². The van der Waals surface area contributed by atoms with Crippen LogP contribution < -0.4 is 5.32 Å². The Bertz CT molecular complexity index is 746.